The van der Waals surface area contributed by atoms with Crippen LogP contribution in [-0.4, -0.2) is 15.7 Å². The second-order valence-corrected chi connectivity index (χ2v) is 5.43. The molecule has 0 aliphatic heterocycles. The fourth-order valence-electron chi connectivity index (χ4n) is 2.52. The van der Waals surface area contributed by atoms with Gasteiger partial charge in [0.05, 0.1) is 5.56 Å². The number of benzene rings is 2. The van der Waals surface area contributed by atoms with Crippen molar-refractivity contribution in [2.75, 3.05) is 5.32 Å². The van der Waals surface area contributed by atoms with E-state index in [1.165, 1.54) is 16.9 Å². The summed E-state index contributed by atoms with van der Waals surface area (Å²) in [6.45, 7) is -0.867. The van der Waals surface area contributed by atoms with Crippen LogP contribution in [0.3, 0.4) is 0 Å². The highest BCUT2D eigenvalue weighted by Crippen LogP contribution is 2.29. The molecule has 4 nitrogen and oxygen atoms in total. The third-order valence-corrected chi connectivity index (χ3v) is 3.68. The van der Waals surface area contributed by atoms with Gasteiger partial charge in [0.1, 0.15) is 12.4 Å². The minimum Gasteiger partial charge on any atom is -0.321 e. The summed E-state index contributed by atoms with van der Waals surface area (Å²) in [5, 5.41) is 6.56. The zero-order valence-electron chi connectivity index (χ0n) is 13.3. The van der Waals surface area contributed by atoms with Crippen LogP contribution in [0.2, 0.25) is 0 Å². The number of alkyl halides is 1. The van der Waals surface area contributed by atoms with E-state index in [1.807, 2.05) is 0 Å². The van der Waals surface area contributed by atoms with E-state index in [2.05, 4.69) is 10.4 Å². The predicted molar refractivity (Wildman–Crippen MR) is 87.8 cm³/mol. The third-order valence-electron chi connectivity index (χ3n) is 3.68. The van der Waals surface area contributed by atoms with Crippen molar-refractivity contribution >= 4 is 11.6 Å². The van der Waals surface area contributed by atoms with Crippen molar-refractivity contribution in [3.05, 3.63) is 71.6 Å². The van der Waals surface area contributed by atoms with Gasteiger partial charge in [0.2, 0.25) is 0 Å². The first-order valence-corrected chi connectivity index (χ1v) is 7.44. The van der Waals surface area contributed by atoms with Crippen LogP contribution in [0.15, 0.2) is 48.7 Å². The van der Waals surface area contributed by atoms with Gasteiger partial charge in [-0.3, -0.25) is 9.48 Å². The summed E-state index contributed by atoms with van der Waals surface area (Å²) in [4.78, 5) is 12.4. The molecule has 0 aliphatic rings. The molecule has 0 atom stereocenters. The van der Waals surface area contributed by atoms with Gasteiger partial charge in [-0.2, -0.15) is 5.10 Å². The molecule has 0 saturated heterocycles. The number of nitrogens with one attached hydrogen (secondary N) is 1. The lowest BCUT2D eigenvalue weighted by molar-refractivity contribution is 0.102. The molecule has 1 amide bonds. The SMILES string of the molecule is Cn1cc(C(=O)Nc2ccccc2-c2ccc(F)c(F)c2)c(CF)n1. The molecular formula is C18H14F3N3O. The number of halogens is 3. The maximum atomic E-state index is 13.5. The van der Waals surface area contributed by atoms with E-state index in [-0.39, 0.29) is 11.3 Å². The number of nitrogens with zero attached hydrogens (tertiary/aromatic N) is 2. The Morgan fingerprint density at radius 1 is 1.16 bits per heavy atom. The minimum absolute atomic E-state index is 0.0327. The Bertz CT molecular complexity index is 937. The average Bonchev–Trinajstić information content (AvgIpc) is 2.99. The lowest BCUT2D eigenvalue weighted by Crippen LogP contribution is -2.13. The predicted octanol–water partition coefficient (Wildman–Crippen LogP) is 4.09. The molecule has 0 spiro atoms. The van der Waals surface area contributed by atoms with E-state index in [9.17, 15) is 18.0 Å². The molecule has 3 aromatic rings. The fraction of sp³-hybridized carbons (Fsp3) is 0.111. The van der Waals surface area contributed by atoms with E-state index in [1.54, 1.807) is 31.3 Å². The van der Waals surface area contributed by atoms with E-state index in [4.69, 9.17) is 0 Å². The van der Waals surface area contributed by atoms with Crippen LogP contribution in [0.4, 0.5) is 18.9 Å². The minimum atomic E-state index is -0.981. The second kappa shape index (κ2) is 6.80. The number of carbonyl (C=O) groups excluding carboxylic acids is 1. The molecule has 0 saturated carbocycles. The summed E-state index contributed by atoms with van der Waals surface area (Å²) in [5.74, 6) is -2.46. The summed E-state index contributed by atoms with van der Waals surface area (Å²) in [5.41, 5.74) is 1.47. The number of aryl methyl sites for hydroxylation is 1. The molecule has 2 aromatic carbocycles. The number of anilines is 1. The van der Waals surface area contributed by atoms with Gasteiger partial charge < -0.3 is 5.32 Å². The van der Waals surface area contributed by atoms with Crippen LogP contribution < -0.4 is 5.32 Å². The van der Waals surface area contributed by atoms with Gasteiger partial charge in [-0.25, -0.2) is 13.2 Å². The maximum Gasteiger partial charge on any atom is 0.259 e. The van der Waals surface area contributed by atoms with Crippen molar-refractivity contribution < 1.29 is 18.0 Å². The molecule has 0 fully saturated rings. The zero-order chi connectivity index (χ0) is 18.0. The summed E-state index contributed by atoms with van der Waals surface area (Å²) in [7, 11) is 1.59. The molecule has 0 bridgehead atoms. The number of hydrogen-bond acceptors (Lipinski definition) is 2. The second-order valence-electron chi connectivity index (χ2n) is 5.43. The number of aromatic nitrogens is 2. The molecule has 7 heteroatoms. The first-order valence-electron chi connectivity index (χ1n) is 7.44. The lowest BCUT2D eigenvalue weighted by atomic mass is 10.0. The van der Waals surface area contributed by atoms with Crippen molar-refractivity contribution in [3.8, 4) is 11.1 Å². The Labute approximate surface area is 141 Å². The van der Waals surface area contributed by atoms with E-state index >= 15 is 0 Å². The molecule has 0 radical (unpaired) electrons. The Kier molecular flexibility index (Phi) is 4.56. The largest absolute Gasteiger partial charge is 0.321 e. The van der Waals surface area contributed by atoms with Gasteiger partial charge in [0.25, 0.3) is 5.91 Å². The zero-order valence-corrected chi connectivity index (χ0v) is 13.3. The molecule has 128 valence electrons. The van der Waals surface area contributed by atoms with Crippen LogP contribution in [0.1, 0.15) is 16.1 Å². The van der Waals surface area contributed by atoms with Gasteiger partial charge in [-0.15, -0.1) is 0 Å². The highest BCUT2D eigenvalue weighted by Gasteiger charge is 2.17. The van der Waals surface area contributed by atoms with Crippen LogP contribution >= 0.6 is 0 Å². The van der Waals surface area contributed by atoms with Gasteiger partial charge >= 0.3 is 0 Å². The number of rotatable bonds is 4. The van der Waals surface area contributed by atoms with Gasteiger partial charge in [-0.1, -0.05) is 24.3 Å². The van der Waals surface area contributed by atoms with Crippen LogP contribution in [-0.2, 0) is 13.7 Å². The van der Waals surface area contributed by atoms with E-state index in [0.717, 1.165) is 12.1 Å². The number of amides is 1. The normalized spacial score (nSPS) is 10.7. The smallest absolute Gasteiger partial charge is 0.259 e. The van der Waals surface area contributed by atoms with Crippen LogP contribution in [0.5, 0.6) is 0 Å². The summed E-state index contributed by atoms with van der Waals surface area (Å²) in [6, 6.07) is 10.2. The lowest BCUT2D eigenvalue weighted by Gasteiger charge is -2.11. The molecule has 0 aliphatic carbocycles. The third kappa shape index (κ3) is 3.40. The quantitative estimate of drug-likeness (QED) is 0.774. The molecular weight excluding hydrogens is 331 g/mol. The van der Waals surface area contributed by atoms with E-state index < -0.39 is 24.2 Å². The Morgan fingerprint density at radius 3 is 2.64 bits per heavy atom. The van der Waals surface area contributed by atoms with Crippen LogP contribution in [0.25, 0.3) is 11.1 Å². The number of para-hydroxylation sites is 1. The Morgan fingerprint density at radius 2 is 1.92 bits per heavy atom. The Balaban J connectivity index is 1.96. The highest BCUT2D eigenvalue weighted by molar-refractivity contribution is 6.06. The highest BCUT2D eigenvalue weighted by atomic mass is 19.2. The summed E-state index contributed by atoms with van der Waals surface area (Å²) in [6.07, 6.45) is 1.42. The van der Waals surface area contributed by atoms with Gasteiger partial charge in [0, 0.05) is 24.5 Å². The number of hydrogen-bond donors (Lipinski definition) is 1. The van der Waals surface area contributed by atoms with Crippen molar-refractivity contribution in [2.24, 2.45) is 7.05 Å². The molecule has 1 aromatic heterocycles. The first-order chi connectivity index (χ1) is 12.0. The van der Waals surface area contributed by atoms with E-state index in [0.29, 0.717) is 16.8 Å². The monoisotopic (exact) mass is 345 g/mol. The summed E-state index contributed by atoms with van der Waals surface area (Å²) < 4.78 is 41.0. The fourth-order valence-corrected chi connectivity index (χ4v) is 2.52. The number of carbonyl (C=O) groups is 1. The maximum absolute atomic E-state index is 13.5. The van der Waals surface area contributed by atoms with Crippen molar-refractivity contribution in [2.45, 2.75) is 6.67 Å². The van der Waals surface area contributed by atoms with Crippen molar-refractivity contribution in [3.63, 3.8) is 0 Å². The molecule has 1 N–H and O–H groups in total. The Hall–Kier alpha value is -3.09. The van der Waals surface area contributed by atoms with Crippen molar-refractivity contribution in [1.82, 2.24) is 9.78 Å². The van der Waals surface area contributed by atoms with Gasteiger partial charge in [0.15, 0.2) is 11.6 Å². The summed E-state index contributed by atoms with van der Waals surface area (Å²) >= 11 is 0. The molecule has 0 unspecified atom stereocenters. The first kappa shape index (κ1) is 16.8. The standard InChI is InChI=1S/C18H14F3N3O/c1-24-10-13(17(9-19)23-24)18(25)22-16-5-3-2-4-12(16)11-6-7-14(20)15(21)8-11/h2-8,10H,9H2,1H3,(H,22,25). The topological polar surface area (TPSA) is 46.9 Å². The molecule has 3 rings (SSSR count). The van der Waals surface area contributed by atoms with Crippen molar-refractivity contribution in [1.29, 1.82) is 0 Å². The van der Waals surface area contributed by atoms with Crippen LogP contribution in [0, 0.1) is 11.6 Å². The average molecular weight is 345 g/mol. The van der Waals surface area contributed by atoms with Gasteiger partial charge in [-0.05, 0) is 23.8 Å². The molecule has 25 heavy (non-hydrogen) atoms. The molecule has 1 heterocycles.